The third-order valence-corrected chi connectivity index (χ3v) is 3.92. The van der Waals surface area contributed by atoms with E-state index in [1.165, 1.54) is 5.56 Å². The predicted molar refractivity (Wildman–Crippen MR) is 88.4 cm³/mol. The van der Waals surface area contributed by atoms with Crippen molar-refractivity contribution in [1.82, 2.24) is 4.90 Å². The highest BCUT2D eigenvalue weighted by atomic mass is 16.3. The van der Waals surface area contributed by atoms with Crippen LogP contribution in [0.2, 0.25) is 0 Å². The number of unbranched alkanes of at least 4 members (excludes halogenated alkanes) is 1. The van der Waals surface area contributed by atoms with Crippen LogP contribution in [0.5, 0.6) is 0 Å². The maximum absolute atomic E-state index is 9.19. The number of hydrogen-bond donors (Lipinski definition) is 3. The van der Waals surface area contributed by atoms with Crippen LogP contribution in [0.25, 0.3) is 0 Å². The molecule has 4 N–H and O–H groups in total. The van der Waals surface area contributed by atoms with Gasteiger partial charge in [0.25, 0.3) is 0 Å². The summed E-state index contributed by atoms with van der Waals surface area (Å²) in [6, 6.07) is 10.3. The number of rotatable bonds is 10. The van der Waals surface area contributed by atoms with Crippen molar-refractivity contribution in [3.8, 4) is 0 Å². The lowest BCUT2D eigenvalue weighted by molar-refractivity contribution is 0.186. The van der Waals surface area contributed by atoms with E-state index in [1.54, 1.807) is 0 Å². The zero-order chi connectivity index (χ0) is 15.7. The molecular formula is C17H29N3O. The van der Waals surface area contributed by atoms with Crippen LogP contribution in [-0.2, 0) is 6.54 Å². The fourth-order valence-electron chi connectivity index (χ4n) is 2.29. The van der Waals surface area contributed by atoms with E-state index in [0.717, 1.165) is 32.4 Å². The minimum atomic E-state index is -0.207. The molecule has 1 aromatic carbocycles. The number of aliphatic hydroxyl groups excluding tert-OH is 1. The van der Waals surface area contributed by atoms with Gasteiger partial charge in [-0.2, -0.15) is 0 Å². The molecule has 0 radical (unpaired) electrons. The molecule has 0 aliphatic heterocycles. The topological polar surface area (TPSA) is 73.3 Å². The molecule has 0 bridgehead atoms. The molecule has 118 valence electrons. The van der Waals surface area contributed by atoms with Crippen molar-refractivity contribution < 1.29 is 5.11 Å². The number of nitrogens with one attached hydrogen (secondary N) is 1. The first-order valence-electron chi connectivity index (χ1n) is 7.67. The molecule has 0 amide bonds. The molecule has 0 aliphatic rings. The van der Waals surface area contributed by atoms with Gasteiger partial charge >= 0.3 is 0 Å². The van der Waals surface area contributed by atoms with Crippen molar-refractivity contribution in [2.75, 3.05) is 19.7 Å². The van der Waals surface area contributed by atoms with Crippen molar-refractivity contribution in [2.45, 2.75) is 39.7 Å². The first kappa shape index (κ1) is 17.7. The van der Waals surface area contributed by atoms with Crippen molar-refractivity contribution in [1.29, 1.82) is 5.41 Å². The van der Waals surface area contributed by atoms with Gasteiger partial charge in [-0.25, -0.2) is 0 Å². The lowest BCUT2D eigenvalue weighted by Gasteiger charge is -2.25. The summed E-state index contributed by atoms with van der Waals surface area (Å²) in [6.45, 7) is 6.76. The Morgan fingerprint density at radius 1 is 1.19 bits per heavy atom. The van der Waals surface area contributed by atoms with Gasteiger partial charge in [-0.1, -0.05) is 50.6 Å². The van der Waals surface area contributed by atoms with Crippen molar-refractivity contribution in [3.05, 3.63) is 35.9 Å². The summed E-state index contributed by atoms with van der Waals surface area (Å²) < 4.78 is 0. The van der Waals surface area contributed by atoms with Crippen LogP contribution in [0.15, 0.2) is 30.3 Å². The summed E-state index contributed by atoms with van der Waals surface area (Å²) >= 11 is 0. The molecule has 0 aliphatic carbocycles. The van der Waals surface area contributed by atoms with Crippen molar-refractivity contribution in [2.24, 2.45) is 11.1 Å². The summed E-state index contributed by atoms with van der Waals surface area (Å²) in [5.41, 5.74) is 6.67. The van der Waals surface area contributed by atoms with E-state index in [-0.39, 0.29) is 17.9 Å². The highest BCUT2D eigenvalue weighted by Gasteiger charge is 2.20. The highest BCUT2D eigenvalue weighted by molar-refractivity contribution is 5.82. The van der Waals surface area contributed by atoms with Gasteiger partial charge in [0.05, 0.1) is 12.4 Å². The van der Waals surface area contributed by atoms with Crippen molar-refractivity contribution >= 4 is 5.84 Å². The second-order valence-corrected chi connectivity index (χ2v) is 6.24. The Hall–Kier alpha value is -1.39. The van der Waals surface area contributed by atoms with Gasteiger partial charge in [-0.3, -0.25) is 10.3 Å². The van der Waals surface area contributed by atoms with Gasteiger partial charge < -0.3 is 10.8 Å². The molecule has 1 aromatic rings. The summed E-state index contributed by atoms with van der Waals surface area (Å²) in [4.78, 5) is 2.27. The molecule has 0 heterocycles. The zero-order valence-corrected chi connectivity index (χ0v) is 13.3. The molecule has 0 unspecified atom stereocenters. The van der Waals surface area contributed by atoms with Gasteiger partial charge in [0.15, 0.2) is 0 Å². The Morgan fingerprint density at radius 3 is 2.43 bits per heavy atom. The molecular weight excluding hydrogens is 262 g/mol. The first-order valence-corrected chi connectivity index (χ1v) is 7.67. The number of nitrogens with zero attached hydrogens (tertiary/aromatic N) is 1. The predicted octanol–water partition coefficient (Wildman–Crippen LogP) is 2.61. The maximum atomic E-state index is 9.19. The first-order chi connectivity index (χ1) is 9.95. The van der Waals surface area contributed by atoms with E-state index in [1.807, 2.05) is 32.0 Å². The minimum Gasteiger partial charge on any atom is -0.395 e. The summed E-state index contributed by atoms with van der Waals surface area (Å²) in [6.07, 6.45) is 3.04. The monoisotopic (exact) mass is 291 g/mol. The van der Waals surface area contributed by atoms with Crippen LogP contribution in [0, 0.1) is 10.8 Å². The molecule has 4 heteroatoms. The Labute approximate surface area is 128 Å². The lowest BCUT2D eigenvalue weighted by Crippen LogP contribution is -2.31. The number of amidine groups is 1. The molecule has 0 atom stereocenters. The molecule has 1 rings (SSSR count). The van der Waals surface area contributed by atoms with Crippen LogP contribution in [-0.4, -0.2) is 35.5 Å². The summed E-state index contributed by atoms with van der Waals surface area (Å²) in [5.74, 6) is 0.263. The van der Waals surface area contributed by atoms with Crippen LogP contribution in [0.4, 0.5) is 0 Å². The number of aliphatic hydroxyl groups is 1. The second-order valence-electron chi connectivity index (χ2n) is 6.24. The Bertz CT molecular complexity index is 417. The van der Waals surface area contributed by atoms with Crippen LogP contribution in [0.1, 0.15) is 38.7 Å². The Morgan fingerprint density at radius 2 is 1.86 bits per heavy atom. The van der Waals surface area contributed by atoms with Crippen molar-refractivity contribution in [3.63, 3.8) is 0 Å². The fraction of sp³-hybridized carbons (Fsp3) is 0.588. The van der Waals surface area contributed by atoms with Crippen LogP contribution in [0.3, 0.4) is 0 Å². The lowest BCUT2D eigenvalue weighted by atomic mass is 9.86. The molecule has 0 fully saturated rings. The van der Waals surface area contributed by atoms with E-state index in [2.05, 4.69) is 17.0 Å². The standard InChI is InChI=1S/C17H29N3O/c1-17(2,16(18)19)10-6-7-11-20(12-13-21)14-15-8-4-3-5-9-15/h3-5,8-9,21H,6-7,10-14H2,1-2H3,(H3,18,19). The Kier molecular flexibility index (Phi) is 7.40. The molecule has 4 nitrogen and oxygen atoms in total. The van der Waals surface area contributed by atoms with E-state index in [9.17, 15) is 5.11 Å². The average molecular weight is 291 g/mol. The quantitative estimate of drug-likeness (QED) is 0.352. The average Bonchev–Trinajstić information content (AvgIpc) is 2.44. The van der Waals surface area contributed by atoms with Crippen LogP contribution < -0.4 is 5.73 Å². The number of nitrogens with two attached hydrogens (primary N) is 1. The van der Waals surface area contributed by atoms with Crippen LogP contribution >= 0.6 is 0 Å². The van der Waals surface area contributed by atoms with Gasteiger partial charge in [-0.15, -0.1) is 0 Å². The number of hydrogen-bond acceptors (Lipinski definition) is 3. The highest BCUT2D eigenvalue weighted by Crippen LogP contribution is 2.22. The normalized spacial score (nSPS) is 11.8. The molecule has 0 saturated heterocycles. The second kappa shape index (κ2) is 8.80. The molecule has 21 heavy (non-hydrogen) atoms. The summed E-state index contributed by atoms with van der Waals surface area (Å²) in [7, 11) is 0. The van der Waals surface area contributed by atoms with E-state index < -0.39 is 0 Å². The van der Waals surface area contributed by atoms with E-state index in [4.69, 9.17) is 11.1 Å². The minimum absolute atomic E-state index is 0.186. The van der Waals surface area contributed by atoms with Gasteiger partial charge in [0.1, 0.15) is 0 Å². The molecule has 0 saturated carbocycles. The third-order valence-electron chi connectivity index (χ3n) is 3.92. The molecule has 0 spiro atoms. The summed E-state index contributed by atoms with van der Waals surface area (Å²) in [5, 5.41) is 16.8. The zero-order valence-electron chi connectivity index (χ0n) is 13.3. The van der Waals surface area contributed by atoms with Gasteiger partial charge in [0, 0.05) is 18.5 Å². The number of benzene rings is 1. The smallest absolute Gasteiger partial charge is 0.0963 e. The van der Waals surface area contributed by atoms with Gasteiger partial charge in [-0.05, 0) is 24.9 Å². The van der Waals surface area contributed by atoms with Gasteiger partial charge in [0.2, 0.25) is 0 Å². The van der Waals surface area contributed by atoms with E-state index in [0.29, 0.717) is 6.54 Å². The fourth-order valence-corrected chi connectivity index (χ4v) is 2.29. The Balaban J connectivity index is 2.36. The SMILES string of the molecule is CC(C)(CCCCN(CCO)Cc1ccccc1)C(=N)N. The third kappa shape index (κ3) is 6.74. The maximum Gasteiger partial charge on any atom is 0.0963 e. The largest absolute Gasteiger partial charge is 0.395 e. The molecule has 0 aromatic heterocycles. The van der Waals surface area contributed by atoms with E-state index >= 15 is 0 Å².